The number of urea groups is 1. The molecule has 6 rings (SSSR count). The Morgan fingerprint density at radius 1 is 0.482 bits per heavy atom. The van der Waals surface area contributed by atoms with Gasteiger partial charge in [0.15, 0.2) is 0 Å². The summed E-state index contributed by atoms with van der Waals surface area (Å²) in [5, 5.41) is 17.2. The number of para-hydroxylation sites is 2. The van der Waals surface area contributed by atoms with Gasteiger partial charge in [0, 0.05) is 34.1 Å². The predicted molar refractivity (Wildman–Crippen MR) is 218 cm³/mol. The molecule has 0 spiro atoms. The van der Waals surface area contributed by atoms with Crippen molar-refractivity contribution < 1.29 is 32.3 Å². The smallest absolute Gasteiger partial charge is 0.410 e. The summed E-state index contributed by atoms with van der Waals surface area (Å²) in [7, 11) is -3.99. The molecule has 14 heteroatoms. The van der Waals surface area contributed by atoms with Crippen LogP contribution in [-0.4, -0.2) is 33.3 Å². The van der Waals surface area contributed by atoms with Gasteiger partial charge in [-0.3, -0.25) is 10.6 Å². The van der Waals surface area contributed by atoms with Gasteiger partial charge in [-0.15, -0.1) is 0 Å². The molecule has 0 heterocycles. The van der Waals surface area contributed by atoms with Crippen LogP contribution in [-0.2, 0) is 9.84 Å². The summed E-state index contributed by atoms with van der Waals surface area (Å²) < 4.78 is 38.0. The average Bonchev–Trinajstić information content (AvgIpc) is 3.18. The fraction of sp³-hybridized carbons (Fsp3) is 0.0714. The standard InChI is InChI=1S/C42H38N6O7S/c1-28-19-21-32(46-41(50)54-34-13-5-3-6-14-34)25-38(28)44-27-43-30-11-9-17-36(23-30)56(52,53)37-18-10-12-31(24-37)45-40(49)48-39-26-33(22-20-29(39)2)47-42(51)55-35-15-7-4-8-16-35/h3-26,43-44H,27H2,1-2H3,(H,46,50)(H,47,51)(H2,45,48,49). The summed E-state index contributed by atoms with van der Waals surface area (Å²) in [4.78, 5) is 37.8. The van der Waals surface area contributed by atoms with E-state index < -0.39 is 28.1 Å². The van der Waals surface area contributed by atoms with Crippen LogP contribution in [0.3, 0.4) is 0 Å². The van der Waals surface area contributed by atoms with E-state index >= 15 is 0 Å². The number of amides is 4. The molecule has 56 heavy (non-hydrogen) atoms. The zero-order valence-electron chi connectivity index (χ0n) is 30.3. The quantitative estimate of drug-likeness (QED) is 0.0662. The van der Waals surface area contributed by atoms with Gasteiger partial charge in [-0.05, 0) is 110 Å². The summed E-state index contributed by atoms with van der Waals surface area (Å²) in [5.41, 5.74) is 4.54. The monoisotopic (exact) mass is 770 g/mol. The molecule has 13 nitrogen and oxygen atoms in total. The van der Waals surface area contributed by atoms with Gasteiger partial charge < -0.3 is 30.7 Å². The van der Waals surface area contributed by atoms with Crippen molar-refractivity contribution in [1.29, 1.82) is 0 Å². The van der Waals surface area contributed by atoms with E-state index in [9.17, 15) is 22.8 Å². The number of carbonyl (C=O) groups excluding carboxylic acids is 3. The van der Waals surface area contributed by atoms with E-state index in [1.807, 2.05) is 19.1 Å². The highest BCUT2D eigenvalue weighted by molar-refractivity contribution is 7.91. The first-order chi connectivity index (χ1) is 27.0. The lowest BCUT2D eigenvalue weighted by molar-refractivity contribution is 0.214. The molecule has 0 unspecified atom stereocenters. The number of carbonyl (C=O) groups is 3. The Kier molecular flexibility index (Phi) is 12.1. The van der Waals surface area contributed by atoms with Gasteiger partial charge in [0.1, 0.15) is 11.5 Å². The Hall–Kier alpha value is -7.32. The third-order valence-electron chi connectivity index (χ3n) is 8.24. The second-order valence-electron chi connectivity index (χ2n) is 12.4. The van der Waals surface area contributed by atoms with Crippen LogP contribution in [0.2, 0.25) is 0 Å². The molecule has 0 fully saturated rings. The minimum absolute atomic E-state index is 0.0180. The van der Waals surface area contributed by atoms with E-state index in [1.54, 1.807) is 110 Å². The largest absolute Gasteiger partial charge is 0.417 e. The van der Waals surface area contributed by atoms with Crippen molar-refractivity contribution in [2.75, 3.05) is 38.6 Å². The number of rotatable bonds is 12. The number of aryl methyl sites for hydroxylation is 2. The summed E-state index contributed by atoms with van der Waals surface area (Å²) >= 11 is 0. The topological polar surface area (TPSA) is 176 Å². The minimum Gasteiger partial charge on any atom is -0.410 e. The third-order valence-corrected chi connectivity index (χ3v) is 9.99. The van der Waals surface area contributed by atoms with E-state index in [4.69, 9.17) is 9.47 Å². The maximum Gasteiger partial charge on any atom is 0.417 e. The molecule has 0 saturated heterocycles. The summed E-state index contributed by atoms with van der Waals surface area (Å²) in [6.45, 7) is 3.95. The third kappa shape index (κ3) is 10.4. The first-order valence-corrected chi connectivity index (χ1v) is 18.8. The lowest BCUT2D eigenvalue weighted by Gasteiger charge is -2.15. The van der Waals surface area contributed by atoms with Crippen molar-refractivity contribution in [3.8, 4) is 11.5 Å². The second kappa shape index (κ2) is 17.7. The van der Waals surface area contributed by atoms with Crippen molar-refractivity contribution in [1.82, 2.24) is 0 Å². The molecule has 0 aliphatic heterocycles. The highest BCUT2D eigenvalue weighted by atomic mass is 32.2. The predicted octanol–water partition coefficient (Wildman–Crippen LogP) is 9.48. The van der Waals surface area contributed by atoms with Crippen LogP contribution in [0.4, 0.5) is 48.5 Å². The SMILES string of the molecule is Cc1ccc(NC(=O)Oc2ccccc2)cc1NCNc1cccc(S(=O)(=O)c2cccc(NC(=O)Nc3cc(NC(=O)Oc4ccccc4)ccc3C)c2)c1. The molecule has 6 aromatic carbocycles. The normalized spacial score (nSPS) is 10.8. The van der Waals surface area contributed by atoms with E-state index in [-0.39, 0.29) is 22.1 Å². The van der Waals surface area contributed by atoms with E-state index in [0.717, 1.165) is 16.8 Å². The van der Waals surface area contributed by atoms with Crippen LogP contribution in [0.1, 0.15) is 11.1 Å². The highest BCUT2D eigenvalue weighted by Crippen LogP contribution is 2.27. The number of anilines is 6. The first-order valence-electron chi connectivity index (χ1n) is 17.3. The van der Waals surface area contributed by atoms with E-state index in [2.05, 4.69) is 31.9 Å². The van der Waals surface area contributed by atoms with Gasteiger partial charge in [-0.25, -0.2) is 22.8 Å². The Bertz CT molecular complexity index is 2460. The summed E-state index contributed by atoms with van der Waals surface area (Å²) in [6.07, 6.45) is -1.32. The molecule has 0 radical (unpaired) electrons. The lowest BCUT2D eigenvalue weighted by Crippen LogP contribution is -2.21. The Labute approximate surface area is 324 Å². The van der Waals surface area contributed by atoms with Gasteiger partial charge in [-0.1, -0.05) is 60.7 Å². The van der Waals surface area contributed by atoms with Crippen molar-refractivity contribution >= 4 is 62.2 Å². The van der Waals surface area contributed by atoms with Crippen LogP contribution < -0.4 is 41.4 Å². The second-order valence-corrected chi connectivity index (χ2v) is 14.3. The molecular formula is C42H38N6O7S. The number of hydrogen-bond acceptors (Lipinski definition) is 9. The fourth-order valence-corrected chi connectivity index (χ4v) is 6.73. The van der Waals surface area contributed by atoms with Crippen LogP contribution in [0.25, 0.3) is 0 Å². The Morgan fingerprint density at radius 2 is 0.964 bits per heavy atom. The molecule has 6 aromatic rings. The number of sulfone groups is 1. The molecule has 4 amide bonds. The maximum atomic E-state index is 13.7. The molecule has 0 aliphatic rings. The molecule has 0 bridgehead atoms. The average molecular weight is 771 g/mol. The van der Waals surface area contributed by atoms with Crippen LogP contribution in [0.15, 0.2) is 155 Å². The van der Waals surface area contributed by atoms with Crippen molar-refractivity contribution in [3.63, 3.8) is 0 Å². The van der Waals surface area contributed by atoms with Gasteiger partial charge >= 0.3 is 18.2 Å². The van der Waals surface area contributed by atoms with E-state index in [0.29, 0.717) is 34.2 Å². The van der Waals surface area contributed by atoms with Crippen molar-refractivity contribution in [3.05, 3.63) is 157 Å². The molecule has 6 N–H and O–H groups in total. The number of nitrogens with one attached hydrogen (secondary N) is 6. The summed E-state index contributed by atoms with van der Waals surface area (Å²) in [6, 6.07) is 39.4. The zero-order chi connectivity index (χ0) is 39.5. The van der Waals surface area contributed by atoms with Crippen molar-refractivity contribution in [2.24, 2.45) is 0 Å². The zero-order valence-corrected chi connectivity index (χ0v) is 31.1. The minimum atomic E-state index is -3.99. The van der Waals surface area contributed by atoms with Gasteiger partial charge in [0.05, 0.1) is 16.5 Å². The Balaban J connectivity index is 1.04. The van der Waals surface area contributed by atoms with Crippen LogP contribution in [0.5, 0.6) is 11.5 Å². The van der Waals surface area contributed by atoms with Gasteiger partial charge in [0.25, 0.3) is 0 Å². The first kappa shape index (κ1) is 38.4. The van der Waals surface area contributed by atoms with E-state index in [1.165, 1.54) is 30.3 Å². The number of ether oxygens (including phenoxy) is 2. The number of benzene rings is 6. The molecule has 0 aromatic heterocycles. The van der Waals surface area contributed by atoms with Crippen molar-refractivity contribution in [2.45, 2.75) is 23.6 Å². The molecule has 0 atom stereocenters. The maximum absolute atomic E-state index is 13.7. The molecule has 0 aliphatic carbocycles. The number of hydrogen-bond donors (Lipinski definition) is 6. The highest BCUT2D eigenvalue weighted by Gasteiger charge is 2.19. The fourth-order valence-electron chi connectivity index (χ4n) is 5.38. The Morgan fingerprint density at radius 3 is 1.54 bits per heavy atom. The van der Waals surface area contributed by atoms with Gasteiger partial charge in [-0.2, -0.15) is 0 Å². The van der Waals surface area contributed by atoms with Gasteiger partial charge in [0.2, 0.25) is 9.84 Å². The molecular weight excluding hydrogens is 733 g/mol. The summed E-state index contributed by atoms with van der Waals surface area (Å²) in [5.74, 6) is 0.801. The van der Waals surface area contributed by atoms with Crippen LogP contribution >= 0.6 is 0 Å². The lowest BCUT2D eigenvalue weighted by atomic mass is 10.2. The van der Waals surface area contributed by atoms with Crippen LogP contribution in [0, 0.1) is 13.8 Å². The molecule has 0 saturated carbocycles. The molecule has 284 valence electrons.